The van der Waals surface area contributed by atoms with Crippen LogP contribution in [0, 0.1) is 0 Å². The third-order valence-electron chi connectivity index (χ3n) is 4.20. The van der Waals surface area contributed by atoms with Crippen molar-refractivity contribution >= 4 is 11.0 Å². The van der Waals surface area contributed by atoms with E-state index in [2.05, 4.69) is 35.3 Å². The molecular formula is C17H24N2O. The Morgan fingerprint density at radius 2 is 2.00 bits per heavy atom. The zero-order chi connectivity index (χ0) is 13.8. The summed E-state index contributed by atoms with van der Waals surface area (Å²) in [5.41, 5.74) is 0.979. The van der Waals surface area contributed by atoms with Crippen molar-refractivity contribution in [2.45, 2.75) is 32.2 Å². The Bertz CT molecular complexity index is 510. The lowest BCUT2D eigenvalue weighted by molar-refractivity contribution is 0.226. The minimum absolute atomic E-state index is 0.271. The molecule has 2 heterocycles. The lowest BCUT2D eigenvalue weighted by Gasteiger charge is -2.26. The van der Waals surface area contributed by atoms with Crippen molar-refractivity contribution in [3.8, 4) is 0 Å². The Morgan fingerprint density at radius 3 is 2.80 bits per heavy atom. The Kier molecular flexibility index (Phi) is 4.38. The van der Waals surface area contributed by atoms with Crippen LogP contribution in [0.4, 0.5) is 0 Å². The minimum Gasteiger partial charge on any atom is -0.459 e. The molecule has 0 aliphatic carbocycles. The molecule has 1 aliphatic heterocycles. The molecular weight excluding hydrogens is 248 g/mol. The lowest BCUT2D eigenvalue weighted by atomic mass is 10.1. The van der Waals surface area contributed by atoms with Crippen LogP contribution < -0.4 is 5.32 Å². The first-order valence-electron chi connectivity index (χ1n) is 7.77. The van der Waals surface area contributed by atoms with Crippen LogP contribution in [0.5, 0.6) is 0 Å². The molecule has 108 valence electrons. The average molecular weight is 272 g/mol. The predicted molar refractivity (Wildman–Crippen MR) is 82.9 cm³/mol. The molecule has 1 aliphatic rings. The number of furan rings is 1. The molecule has 0 amide bonds. The first-order valence-corrected chi connectivity index (χ1v) is 7.77. The number of nitrogens with one attached hydrogen (secondary N) is 1. The second kappa shape index (κ2) is 6.42. The molecule has 1 aromatic carbocycles. The van der Waals surface area contributed by atoms with E-state index in [-0.39, 0.29) is 6.04 Å². The molecule has 0 bridgehead atoms. The van der Waals surface area contributed by atoms with E-state index in [1.165, 1.54) is 37.7 Å². The van der Waals surface area contributed by atoms with Crippen molar-refractivity contribution in [1.82, 2.24) is 10.2 Å². The summed E-state index contributed by atoms with van der Waals surface area (Å²) in [4.78, 5) is 2.56. The number of hydrogen-bond donors (Lipinski definition) is 1. The van der Waals surface area contributed by atoms with Crippen molar-refractivity contribution < 1.29 is 4.42 Å². The molecule has 1 N–H and O–H groups in total. The Morgan fingerprint density at radius 1 is 1.20 bits per heavy atom. The second-order valence-corrected chi connectivity index (χ2v) is 5.76. The molecule has 3 heteroatoms. The monoisotopic (exact) mass is 272 g/mol. The van der Waals surface area contributed by atoms with E-state index >= 15 is 0 Å². The van der Waals surface area contributed by atoms with Crippen LogP contribution in [-0.4, -0.2) is 31.1 Å². The molecule has 1 unspecified atom stereocenters. The van der Waals surface area contributed by atoms with Gasteiger partial charge in [0.15, 0.2) is 0 Å². The fourth-order valence-corrected chi connectivity index (χ4v) is 2.94. The van der Waals surface area contributed by atoms with Gasteiger partial charge in [0.05, 0.1) is 6.04 Å². The summed E-state index contributed by atoms with van der Waals surface area (Å²) in [6, 6.07) is 10.6. The molecule has 20 heavy (non-hydrogen) atoms. The van der Waals surface area contributed by atoms with Gasteiger partial charge in [-0.05, 0) is 45.0 Å². The Hall–Kier alpha value is -1.32. The van der Waals surface area contributed by atoms with E-state index < -0.39 is 0 Å². The van der Waals surface area contributed by atoms with Crippen molar-refractivity contribution in [1.29, 1.82) is 0 Å². The summed E-state index contributed by atoms with van der Waals surface area (Å²) in [6.07, 6.45) is 4.12. The van der Waals surface area contributed by atoms with Crippen LogP contribution in [0.15, 0.2) is 34.7 Å². The second-order valence-electron chi connectivity index (χ2n) is 5.76. The molecule has 1 atom stereocenters. The maximum Gasteiger partial charge on any atom is 0.134 e. The molecule has 1 fully saturated rings. The maximum absolute atomic E-state index is 5.90. The number of benzene rings is 1. The fraction of sp³-hybridized carbons (Fsp3) is 0.529. The van der Waals surface area contributed by atoms with Gasteiger partial charge in [-0.3, -0.25) is 0 Å². The highest BCUT2D eigenvalue weighted by molar-refractivity contribution is 5.77. The largest absolute Gasteiger partial charge is 0.459 e. The number of para-hydroxylation sites is 1. The third kappa shape index (κ3) is 3.22. The minimum atomic E-state index is 0.271. The van der Waals surface area contributed by atoms with Crippen LogP contribution in [0.3, 0.4) is 0 Å². The van der Waals surface area contributed by atoms with Gasteiger partial charge in [-0.1, -0.05) is 24.6 Å². The molecule has 3 nitrogen and oxygen atoms in total. The van der Waals surface area contributed by atoms with Gasteiger partial charge in [-0.25, -0.2) is 0 Å². The van der Waals surface area contributed by atoms with Crippen LogP contribution in [0.25, 0.3) is 11.0 Å². The van der Waals surface area contributed by atoms with Crippen molar-refractivity contribution in [2.24, 2.45) is 0 Å². The van der Waals surface area contributed by atoms with Gasteiger partial charge < -0.3 is 14.6 Å². The van der Waals surface area contributed by atoms with E-state index in [0.717, 1.165) is 24.4 Å². The highest BCUT2D eigenvalue weighted by Crippen LogP contribution is 2.23. The number of likely N-dealkylation sites (tertiary alicyclic amines) is 1. The molecule has 0 spiro atoms. The molecule has 3 rings (SSSR count). The molecule has 0 radical (unpaired) electrons. The quantitative estimate of drug-likeness (QED) is 0.902. The summed E-state index contributed by atoms with van der Waals surface area (Å²) in [6.45, 7) is 6.87. The standard InChI is InChI=1S/C17H24N2O/c1-14(18-9-12-19-10-5-2-6-11-19)17-13-15-7-3-4-8-16(15)20-17/h3-4,7-8,13-14,18H,2,5-6,9-12H2,1H3. The summed E-state index contributed by atoms with van der Waals surface area (Å²) in [5.74, 6) is 1.03. The average Bonchev–Trinajstić information content (AvgIpc) is 2.92. The molecule has 1 saturated heterocycles. The van der Waals surface area contributed by atoms with E-state index in [9.17, 15) is 0 Å². The van der Waals surface area contributed by atoms with E-state index in [1.54, 1.807) is 0 Å². The molecule has 1 aromatic heterocycles. The number of nitrogens with zero attached hydrogens (tertiary/aromatic N) is 1. The Labute approximate surface area is 120 Å². The van der Waals surface area contributed by atoms with Crippen LogP contribution in [0.2, 0.25) is 0 Å². The zero-order valence-electron chi connectivity index (χ0n) is 12.3. The third-order valence-corrected chi connectivity index (χ3v) is 4.20. The number of piperidine rings is 1. The highest BCUT2D eigenvalue weighted by atomic mass is 16.3. The van der Waals surface area contributed by atoms with Crippen LogP contribution in [0.1, 0.15) is 38.0 Å². The first kappa shape index (κ1) is 13.7. The zero-order valence-corrected chi connectivity index (χ0v) is 12.3. The van der Waals surface area contributed by atoms with Crippen molar-refractivity contribution in [3.63, 3.8) is 0 Å². The summed E-state index contributed by atoms with van der Waals surface area (Å²) >= 11 is 0. The molecule has 0 saturated carbocycles. The van der Waals surface area contributed by atoms with Gasteiger partial charge >= 0.3 is 0 Å². The smallest absolute Gasteiger partial charge is 0.134 e. The summed E-state index contributed by atoms with van der Waals surface area (Å²) < 4.78 is 5.90. The van der Waals surface area contributed by atoms with Crippen molar-refractivity contribution in [2.75, 3.05) is 26.2 Å². The van der Waals surface area contributed by atoms with Gasteiger partial charge in [0.1, 0.15) is 11.3 Å². The number of hydrogen-bond acceptors (Lipinski definition) is 3. The van der Waals surface area contributed by atoms with E-state index in [4.69, 9.17) is 4.42 Å². The topological polar surface area (TPSA) is 28.4 Å². The highest BCUT2D eigenvalue weighted by Gasteiger charge is 2.13. The lowest BCUT2D eigenvalue weighted by Crippen LogP contribution is -2.36. The summed E-state index contributed by atoms with van der Waals surface area (Å²) in [5, 5.41) is 4.76. The van der Waals surface area contributed by atoms with Gasteiger partial charge in [0.2, 0.25) is 0 Å². The number of rotatable bonds is 5. The molecule has 2 aromatic rings. The Balaban J connectivity index is 1.52. The van der Waals surface area contributed by atoms with Crippen molar-refractivity contribution in [3.05, 3.63) is 36.1 Å². The van der Waals surface area contributed by atoms with Gasteiger partial charge in [0.25, 0.3) is 0 Å². The van der Waals surface area contributed by atoms with Gasteiger partial charge in [-0.2, -0.15) is 0 Å². The SMILES string of the molecule is CC(NCCN1CCCCC1)c1cc2ccccc2o1. The summed E-state index contributed by atoms with van der Waals surface area (Å²) in [7, 11) is 0. The van der Waals surface area contributed by atoms with Gasteiger partial charge in [0, 0.05) is 18.5 Å². The normalized spacial score (nSPS) is 18.4. The maximum atomic E-state index is 5.90. The van der Waals surface area contributed by atoms with Gasteiger partial charge in [-0.15, -0.1) is 0 Å². The number of fused-ring (bicyclic) bond motifs is 1. The predicted octanol–water partition coefficient (Wildman–Crippen LogP) is 3.57. The van der Waals surface area contributed by atoms with E-state index in [1.807, 2.05) is 12.1 Å². The van der Waals surface area contributed by atoms with Crippen LogP contribution in [-0.2, 0) is 0 Å². The first-order chi connectivity index (χ1) is 9.83. The fourth-order valence-electron chi connectivity index (χ4n) is 2.94. The van der Waals surface area contributed by atoms with E-state index in [0.29, 0.717) is 0 Å². The van der Waals surface area contributed by atoms with Crippen LogP contribution >= 0.6 is 0 Å².